The van der Waals surface area contributed by atoms with Gasteiger partial charge in [0, 0.05) is 6.04 Å². The number of hydrogen-bond acceptors (Lipinski definition) is 2. The normalized spacial score (nSPS) is 34.8. The van der Waals surface area contributed by atoms with Crippen LogP contribution in [0.1, 0.15) is 40.5 Å². The molecule has 3 heteroatoms. The fourth-order valence-electron chi connectivity index (χ4n) is 4.12. The van der Waals surface area contributed by atoms with Crippen LogP contribution in [0.25, 0.3) is 0 Å². The van der Waals surface area contributed by atoms with Gasteiger partial charge in [0.25, 0.3) is 11.8 Å². The smallest absolute Gasteiger partial charge is 0.261 e. The zero-order valence-corrected chi connectivity index (χ0v) is 11.5. The maximum absolute atomic E-state index is 12.4. The molecule has 0 bridgehead atoms. The number of carbonyl (C=O) groups excluding carboxylic acids is 2. The predicted octanol–water partition coefficient (Wildman–Crippen LogP) is 2.88. The van der Waals surface area contributed by atoms with Crippen LogP contribution in [0.3, 0.4) is 0 Å². The van der Waals surface area contributed by atoms with Crippen molar-refractivity contribution in [2.45, 2.75) is 25.8 Å². The summed E-state index contributed by atoms with van der Waals surface area (Å²) in [6.45, 7) is 2.05. The minimum absolute atomic E-state index is 0.0977. The van der Waals surface area contributed by atoms with Crippen LogP contribution in [0, 0.1) is 17.8 Å². The van der Waals surface area contributed by atoms with Gasteiger partial charge in [-0.3, -0.25) is 14.5 Å². The average molecular weight is 267 g/mol. The maximum Gasteiger partial charge on any atom is 0.261 e. The van der Waals surface area contributed by atoms with Crippen LogP contribution in [-0.4, -0.2) is 22.8 Å². The predicted molar refractivity (Wildman–Crippen MR) is 75.2 cm³/mol. The van der Waals surface area contributed by atoms with Crippen molar-refractivity contribution in [3.05, 3.63) is 47.5 Å². The van der Waals surface area contributed by atoms with Crippen molar-refractivity contribution < 1.29 is 9.59 Å². The molecule has 1 aromatic carbocycles. The Labute approximate surface area is 118 Å². The Balaban J connectivity index is 1.56. The number of allylic oxidation sites excluding steroid dienone is 2. The number of amides is 2. The van der Waals surface area contributed by atoms with Gasteiger partial charge in [-0.15, -0.1) is 0 Å². The molecule has 3 nitrogen and oxygen atoms in total. The maximum atomic E-state index is 12.4. The van der Waals surface area contributed by atoms with Gasteiger partial charge in [0.05, 0.1) is 11.1 Å². The molecule has 2 amide bonds. The third-order valence-electron chi connectivity index (χ3n) is 5.09. The van der Waals surface area contributed by atoms with Gasteiger partial charge < -0.3 is 0 Å². The molecule has 2 saturated carbocycles. The number of fused-ring (bicyclic) bond motifs is 2. The van der Waals surface area contributed by atoms with Gasteiger partial charge in [-0.2, -0.15) is 0 Å². The van der Waals surface area contributed by atoms with Gasteiger partial charge in [-0.05, 0) is 49.7 Å². The molecule has 2 fully saturated rings. The van der Waals surface area contributed by atoms with Crippen molar-refractivity contribution in [2.75, 3.05) is 0 Å². The Kier molecular flexibility index (Phi) is 2.40. The van der Waals surface area contributed by atoms with E-state index in [9.17, 15) is 9.59 Å². The number of hydrogen-bond donors (Lipinski definition) is 0. The second kappa shape index (κ2) is 4.05. The first-order valence-corrected chi connectivity index (χ1v) is 7.32. The summed E-state index contributed by atoms with van der Waals surface area (Å²) >= 11 is 0. The van der Waals surface area contributed by atoms with Crippen LogP contribution in [0.2, 0.25) is 0 Å². The van der Waals surface area contributed by atoms with E-state index < -0.39 is 0 Å². The molecule has 1 aliphatic heterocycles. The fraction of sp³-hybridized carbons (Fsp3) is 0.412. The molecule has 0 spiro atoms. The number of imide groups is 1. The summed E-state index contributed by atoms with van der Waals surface area (Å²) in [6, 6.07) is 7.27. The number of nitrogens with zero attached hydrogens (tertiary/aromatic N) is 1. The van der Waals surface area contributed by atoms with Gasteiger partial charge in [0.2, 0.25) is 0 Å². The van der Waals surface area contributed by atoms with Crippen LogP contribution in [0.5, 0.6) is 0 Å². The summed E-state index contributed by atoms with van der Waals surface area (Å²) in [5.41, 5.74) is 1.14. The number of benzene rings is 1. The summed E-state index contributed by atoms with van der Waals surface area (Å²) in [4.78, 5) is 26.3. The van der Waals surface area contributed by atoms with Crippen LogP contribution in [0.4, 0.5) is 0 Å². The molecule has 0 saturated heterocycles. The molecule has 3 aliphatic rings. The first kappa shape index (κ1) is 11.9. The Morgan fingerprint density at radius 1 is 1.05 bits per heavy atom. The van der Waals surface area contributed by atoms with E-state index in [4.69, 9.17) is 0 Å². The van der Waals surface area contributed by atoms with Crippen LogP contribution in [-0.2, 0) is 0 Å². The standard InChI is InChI=1S/C17H17NO2/c1-2-5-11-14-8-10(9-15(11)14)18-16(19)12-6-3-4-7-13(12)17(18)20/h2-7,10-11,14-15H,8-9H2,1H3/t10?,11?,14-,15+. The molecule has 20 heavy (non-hydrogen) atoms. The Hall–Kier alpha value is -1.90. The molecule has 2 aliphatic carbocycles. The lowest BCUT2D eigenvalue weighted by Crippen LogP contribution is -2.39. The molecule has 0 aromatic heterocycles. The lowest BCUT2D eigenvalue weighted by atomic mass is 10.1. The van der Waals surface area contributed by atoms with E-state index in [2.05, 4.69) is 19.1 Å². The quantitative estimate of drug-likeness (QED) is 0.610. The Morgan fingerprint density at radius 2 is 1.60 bits per heavy atom. The third-order valence-corrected chi connectivity index (χ3v) is 5.09. The van der Waals surface area contributed by atoms with Crippen molar-refractivity contribution >= 4 is 11.8 Å². The summed E-state index contributed by atoms with van der Waals surface area (Å²) in [5, 5.41) is 0. The molecule has 102 valence electrons. The van der Waals surface area contributed by atoms with E-state index in [0.29, 0.717) is 28.9 Å². The van der Waals surface area contributed by atoms with Crippen molar-refractivity contribution in [2.24, 2.45) is 17.8 Å². The minimum atomic E-state index is -0.0977. The second-order valence-electron chi connectivity index (χ2n) is 6.08. The summed E-state index contributed by atoms with van der Waals surface area (Å²) in [6.07, 6.45) is 6.34. The largest absolute Gasteiger partial charge is 0.271 e. The van der Waals surface area contributed by atoms with Gasteiger partial charge in [-0.25, -0.2) is 0 Å². The molecule has 0 radical (unpaired) electrons. The van der Waals surface area contributed by atoms with Crippen LogP contribution >= 0.6 is 0 Å². The SMILES string of the molecule is CC=CC1[C@H]2CC(N3C(=O)c4ccccc4C3=O)C[C@@H]12. The first-order chi connectivity index (χ1) is 9.72. The fourth-order valence-corrected chi connectivity index (χ4v) is 4.12. The molecule has 0 N–H and O–H groups in total. The van der Waals surface area contributed by atoms with E-state index >= 15 is 0 Å². The van der Waals surface area contributed by atoms with E-state index in [-0.39, 0.29) is 17.9 Å². The van der Waals surface area contributed by atoms with Crippen molar-refractivity contribution in [3.63, 3.8) is 0 Å². The van der Waals surface area contributed by atoms with E-state index in [1.807, 2.05) is 12.1 Å². The molecule has 1 aromatic rings. The van der Waals surface area contributed by atoms with Gasteiger partial charge in [-0.1, -0.05) is 24.3 Å². The zero-order valence-electron chi connectivity index (χ0n) is 11.5. The molecular weight excluding hydrogens is 250 g/mol. The Bertz CT molecular complexity index is 587. The van der Waals surface area contributed by atoms with Gasteiger partial charge in [0.1, 0.15) is 0 Å². The summed E-state index contributed by atoms with van der Waals surface area (Å²) in [7, 11) is 0. The number of carbonyl (C=O) groups is 2. The van der Waals surface area contributed by atoms with Gasteiger partial charge in [0.15, 0.2) is 0 Å². The van der Waals surface area contributed by atoms with Crippen LogP contribution in [0.15, 0.2) is 36.4 Å². The van der Waals surface area contributed by atoms with Crippen LogP contribution < -0.4 is 0 Å². The summed E-state index contributed by atoms with van der Waals surface area (Å²) in [5.74, 6) is 1.85. The average Bonchev–Trinajstić information content (AvgIpc) is 2.83. The van der Waals surface area contributed by atoms with Crippen molar-refractivity contribution in [3.8, 4) is 0 Å². The van der Waals surface area contributed by atoms with Crippen molar-refractivity contribution in [1.29, 1.82) is 0 Å². The number of rotatable bonds is 2. The zero-order chi connectivity index (χ0) is 13.9. The molecule has 4 atom stereocenters. The lowest BCUT2D eigenvalue weighted by molar-refractivity contribution is 0.0575. The second-order valence-corrected chi connectivity index (χ2v) is 6.08. The molecular formula is C17H17NO2. The third kappa shape index (κ3) is 1.46. The molecule has 1 heterocycles. The lowest BCUT2D eigenvalue weighted by Gasteiger charge is -2.23. The highest BCUT2D eigenvalue weighted by Crippen LogP contribution is 2.59. The molecule has 4 rings (SSSR count). The monoisotopic (exact) mass is 267 g/mol. The first-order valence-electron chi connectivity index (χ1n) is 7.32. The van der Waals surface area contributed by atoms with Gasteiger partial charge >= 0.3 is 0 Å². The molecule has 2 unspecified atom stereocenters. The van der Waals surface area contributed by atoms with Crippen molar-refractivity contribution in [1.82, 2.24) is 4.90 Å². The summed E-state index contributed by atoms with van der Waals surface area (Å²) < 4.78 is 0. The van der Waals surface area contributed by atoms with E-state index in [0.717, 1.165) is 12.8 Å². The van der Waals surface area contributed by atoms with E-state index in [1.165, 1.54) is 4.90 Å². The minimum Gasteiger partial charge on any atom is -0.271 e. The Morgan fingerprint density at radius 3 is 2.10 bits per heavy atom. The highest BCUT2D eigenvalue weighted by Gasteiger charge is 2.57. The topological polar surface area (TPSA) is 37.4 Å². The highest BCUT2D eigenvalue weighted by molar-refractivity contribution is 6.21. The van der Waals surface area contributed by atoms with E-state index in [1.54, 1.807) is 12.1 Å². The highest BCUT2D eigenvalue weighted by atomic mass is 16.2.